The first-order chi connectivity index (χ1) is 3.80. The summed E-state index contributed by atoms with van der Waals surface area (Å²) < 4.78 is 2.71. The van der Waals surface area contributed by atoms with Gasteiger partial charge in [0.1, 0.15) is 4.91 Å². The second-order valence-corrected chi connectivity index (χ2v) is 2.87. The molecule has 0 spiro atoms. The van der Waals surface area contributed by atoms with Crippen LogP contribution in [0.15, 0.2) is 10.3 Å². The summed E-state index contributed by atoms with van der Waals surface area (Å²) in [5.74, 6) is -0.868. The molecule has 0 aromatic rings. The van der Waals surface area contributed by atoms with Gasteiger partial charge in [-0.05, 0) is 23.9 Å². The standard InChI is InChI=1S/C3H3NO2S2/c5-3(6)2-1-7-4-8-2/h1,4H,(H,5,6). The molecule has 0 bridgehead atoms. The molecule has 5 heteroatoms. The smallest absolute Gasteiger partial charge is 0.344 e. The van der Waals surface area contributed by atoms with E-state index in [2.05, 4.69) is 4.13 Å². The molecule has 44 valence electrons. The van der Waals surface area contributed by atoms with E-state index in [1.54, 1.807) is 5.41 Å². The Kier molecular flexibility index (Phi) is 1.82. The van der Waals surface area contributed by atoms with Crippen LogP contribution in [0.4, 0.5) is 0 Å². The first kappa shape index (κ1) is 6.00. The highest BCUT2D eigenvalue weighted by atomic mass is 32.2. The van der Waals surface area contributed by atoms with Crippen LogP contribution in [-0.4, -0.2) is 11.1 Å². The molecule has 0 radical (unpaired) electrons. The Morgan fingerprint density at radius 3 is 2.88 bits per heavy atom. The summed E-state index contributed by atoms with van der Waals surface area (Å²) in [7, 11) is 0. The predicted molar refractivity (Wildman–Crippen MR) is 34.0 cm³/mol. The van der Waals surface area contributed by atoms with Crippen molar-refractivity contribution >= 4 is 29.9 Å². The Morgan fingerprint density at radius 1 is 1.88 bits per heavy atom. The third-order valence-corrected chi connectivity index (χ3v) is 2.31. The third-order valence-electron chi connectivity index (χ3n) is 0.576. The Morgan fingerprint density at radius 2 is 2.62 bits per heavy atom. The second-order valence-electron chi connectivity index (χ2n) is 1.09. The lowest BCUT2D eigenvalue weighted by atomic mass is 10.7. The molecule has 0 amide bonds. The van der Waals surface area contributed by atoms with Crippen LogP contribution in [0.2, 0.25) is 0 Å². The lowest BCUT2D eigenvalue weighted by molar-refractivity contribution is -0.131. The molecule has 0 unspecified atom stereocenters. The number of nitrogens with one attached hydrogen (secondary N) is 1. The summed E-state index contributed by atoms with van der Waals surface area (Å²) in [5, 5.41) is 9.83. The molecule has 0 aliphatic carbocycles. The zero-order chi connectivity index (χ0) is 5.98. The summed E-state index contributed by atoms with van der Waals surface area (Å²) in [5.41, 5.74) is 0. The minimum Gasteiger partial charge on any atom is -0.477 e. The fourth-order valence-electron chi connectivity index (χ4n) is 0.265. The first-order valence-electron chi connectivity index (χ1n) is 1.81. The van der Waals surface area contributed by atoms with Gasteiger partial charge in [0, 0.05) is 5.41 Å². The number of hydrogen-bond acceptors (Lipinski definition) is 4. The van der Waals surface area contributed by atoms with Gasteiger partial charge in [-0.2, -0.15) is 4.13 Å². The number of carboxylic acids is 1. The van der Waals surface area contributed by atoms with Crippen LogP contribution in [0, 0.1) is 0 Å². The Balaban J connectivity index is 2.57. The molecule has 8 heavy (non-hydrogen) atoms. The van der Waals surface area contributed by atoms with Gasteiger partial charge in [0.25, 0.3) is 0 Å². The van der Waals surface area contributed by atoms with Crippen molar-refractivity contribution in [1.29, 1.82) is 0 Å². The van der Waals surface area contributed by atoms with Gasteiger partial charge in [-0.25, -0.2) is 4.79 Å². The van der Waals surface area contributed by atoms with Gasteiger partial charge < -0.3 is 5.11 Å². The molecule has 1 rings (SSSR count). The van der Waals surface area contributed by atoms with E-state index in [9.17, 15) is 4.79 Å². The SMILES string of the molecule is O=C(O)C1=CSNS1. The molecular weight excluding hydrogens is 146 g/mol. The summed E-state index contributed by atoms with van der Waals surface area (Å²) in [6.45, 7) is 0. The van der Waals surface area contributed by atoms with Crippen LogP contribution in [0.5, 0.6) is 0 Å². The van der Waals surface area contributed by atoms with Crippen LogP contribution in [0.3, 0.4) is 0 Å². The zero-order valence-electron chi connectivity index (χ0n) is 3.75. The fourth-order valence-corrected chi connectivity index (χ4v) is 1.64. The summed E-state index contributed by atoms with van der Waals surface area (Å²) in [6, 6.07) is 0. The molecule has 0 saturated heterocycles. The lowest BCUT2D eigenvalue weighted by Crippen LogP contribution is -1.94. The predicted octanol–water partition coefficient (Wildman–Crippen LogP) is 0.812. The molecule has 1 aliphatic rings. The number of aliphatic carboxylic acids is 1. The van der Waals surface area contributed by atoms with Gasteiger partial charge in [0.2, 0.25) is 0 Å². The van der Waals surface area contributed by atoms with Gasteiger partial charge in [-0.1, -0.05) is 0 Å². The summed E-state index contributed by atoms with van der Waals surface area (Å²) in [4.78, 5) is 10.4. The normalized spacial score (nSPS) is 18.2. The number of rotatable bonds is 1. The van der Waals surface area contributed by atoms with Crippen molar-refractivity contribution in [2.75, 3.05) is 0 Å². The van der Waals surface area contributed by atoms with Crippen molar-refractivity contribution in [2.24, 2.45) is 0 Å². The van der Waals surface area contributed by atoms with E-state index in [0.717, 1.165) is 11.9 Å². The molecule has 2 N–H and O–H groups in total. The van der Waals surface area contributed by atoms with Crippen molar-refractivity contribution in [3.8, 4) is 0 Å². The van der Waals surface area contributed by atoms with E-state index < -0.39 is 5.97 Å². The van der Waals surface area contributed by atoms with E-state index in [1.807, 2.05) is 0 Å². The van der Waals surface area contributed by atoms with E-state index in [0.29, 0.717) is 4.91 Å². The molecule has 0 saturated carbocycles. The highest BCUT2D eigenvalue weighted by molar-refractivity contribution is 8.19. The molecule has 3 nitrogen and oxygen atoms in total. The molecule has 1 aliphatic heterocycles. The van der Waals surface area contributed by atoms with Crippen molar-refractivity contribution in [3.63, 3.8) is 0 Å². The largest absolute Gasteiger partial charge is 0.477 e. The van der Waals surface area contributed by atoms with Gasteiger partial charge in [0.15, 0.2) is 0 Å². The van der Waals surface area contributed by atoms with Gasteiger partial charge >= 0.3 is 5.97 Å². The van der Waals surface area contributed by atoms with Gasteiger partial charge in [-0.15, -0.1) is 0 Å². The average Bonchev–Trinajstić information content (AvgIpc) is 2.12. The van der Waals surface area contributed by atoms with Crippen LogP contribution in [-0.2, 0) is 4.79 Å². The Bertz CT molecular complexity index is 144. The zero-order valence-corrected chi connectivity index (χ0v) is 5.38. The Hall–Kier alpha value is -0.130. The molecule has 0 aromatic carbocycles. The monoisotopic (exact) mass is 149 g/mol. The van der Waals surface area contributed by atoms with E-state index in [4.69, 9.17) is 5.11 Å². The first-order valence-corrected chi connectivity index (χ1v) is 3.51. The number of carbonyl (C=O) groups is 1. The van der Waals surface area contributed by atoms with Crippen LogP contribution >= 0.6 is 23.9 Å². The number of carboxylic acid groups (broad SMARTS) is 1. The lowest BCUT2D eigenvalue weighted by Gasteiger charge is -1.86. The third kappa shape index (κ3) is 1.18. The van der Waals surface area contributed by atoms with Crippen molar-refractivity contribution in [1.82, 2.24) is 4.13 Å². The van der Waals surface area contributed by atoms with Gasteiger partial charge in [-0.3, -0.25) is 0 Å². The van der Waals surface area contributed by atoms with Crippen LogP contribution in [0.1, 0.15) is 0 Å². The maximum Gasteiger partial charge on any atom is 0.344 e. The Labute approximate surface area is 54.8 Å². The molecular formula is C3H3NO2S2. The van der Waals surface area contributed by atoms with E-state index in [-0.39, 0.29) is 0 Å². The quantitative estimate of drug-likeness (QED) is 0.540. The molecule has 0 fully saturated rings. The highest BCUT2D eigenvalue weighted by Crippen LogP contribution is 2.25. The number of hydrogen-bond donors (Lipinski definition) is 2. The van der Waals surface area contributed by atoms with E-state index >= 15 is 0 Å². The molecule has 0 aromatic heterocycles. The maximum atomic E-state index is 10.1. The highest BCUT2D eigenvalue weighted by Gasteiger charge is 2.11. The summed E-state index contributed by atoms with van der Waals surface area (Å²) >= 11 is 2.41. The van der Waals surface area contributed by atoms with Crippen molar-refractivity contribution < 1.29 is 9.90 Å². The molecule has 1 heterocycles. The van der Waals surface area contributed by atoms with Crippen molar-refractivity contribution in [3.05, 3.63) is 10.3 Å². The van der Waals surface area contributed by atoms with Crippen LogP contribution in [0.25, 0.3) is 0 Å². The summed E-state index contributed by atoms with van der Waals surface area (Å²) in [6.07, 6.45) is 0. The average molecular weight is 149 g/mol. The fraction of sp³-hybridized carbons (Fsp3) is 0. The van der Waals surface area contributed by atoms with Crippen molar-refractivity contribution in [2.45, 2.75) is 0 Å². The minimum atomic E-state index is -0.868. The minimum absolute atomic E-state index is 0.356. The second kappa shape index (κ2) is 2.43. The van der Waals surface area contributed by atoms with Gasteiger partial charge in [0.05, 0.1) is 0 Å². The maximum absolute atomic E-state index is 10.1. The van der Waals surface area contributed by atoms with E-state index in [1.165, 1.54) is 11.9 Å². The molecule has 0 atom stereocenters. The van der Waals surface area contributed by atoms with Crippen LogP contribution < -0.4 is 4.13 Å². The topological polar surface area (TPSA) is 49.3 Å².